The highest BCUT2D eigenvalue weighted by atomic mass is 16.4. The van der Waals surface area contributed by atoms with E-state index in [4.69, 9.17) is 16.6 Å². The van der Waals surface area contributed by atoms with Gasteiger partial charge in [-0.2, -0.15) is 15.0 Å². The average Bonchev–Trinajstić information content (AvgIpc) is 2.78. The number of rotatable bonds is 7. The van der Waals surface area contributed by atoms with Crippen molar-refractivity contribution in [3.63, 3.8) is 0 Å². The third kappa shape index (κ3) is 4.81. The molecule has 0 aliphatic carbocycles. The predicted molar refractivity (Wildman–Crippen MR) is 125 cm³/mol. The molecule has 0 bridgehead atoms. The standard InChI is InChI=1S/C24H24N6O2/c1-14(18-11-10-16-4-2-3-5-19(16)13-18)27-24-29-21(28-23(26)30-24)17-8-6-15(7-9-17)12-20(25)22(31)32/h2-11,13-14,20H,12,25H2,1H3,(H,31,32)(H3,26,27,28,29,30)/t14-,20?/m1/s1. The van der Waals surface area contributed by atoms with E-state index < -0.39 is 12.0 Å². The maximum absolute atomic E-state index is 10.9. The third-order valence-electron chi connectivity index (χ3n) is 5.26. The number of nitrogen functional groups attached to an aromatic ring is 1. The van der Waals surface area contributed by atoms with E-state index in [1.807, 2.05) is 43.3 Å². The summed E-state index contributed by atoms with van der Waals surface area (Å²) >= 11 is 0. The minimum atomic E-state index is -1.03. The monoisotopic (exact) mass is 428 g/mol. The normalized spacial score (nSPS) is 12.9. The molecule has 0 saturated heterocycles. The Morgan fingerprint density at radius 2 is 1.72 bits per heavy atom. The molecule has 6 N–H and O–H groups in total. The van der Waals surface area contributed by atoms with Crippen LogP contribution in [0, 0.1) is 0 Å². The fourth-order valence-corrected chi connectivity index (χ4v) is 3.47. The zero-order valence-corrected chi connectivity index (χ0v) is 17.6. The van der Waals surface area contributed by atoms with E-state index in [0.717, 1.165) is 22.1 Å². The molecule has 1 aromatic heterocycles. The van der Waals surface area contributed by atoms with Crippen LogP contribution >= 0.6 is 0 Å². The van der Waals surface area contributed by atoms with E-state index in [9.17, 15) is 4.79 Å². The molecule has 2 atom stereocenters. The fraction of sp³-hybridized carbons (Fsp3) is 0.167. The van der Waals surface area contributed by atoms with Crippen LogP contribution < -0.4 is 16.8 Å². The molecule has 0 aliphatic heterocycles. The van der Waals surface area contributed by atoms with E-state index >= 15 is 0 Å². The number of nitrogens with zero attached hydrogens (tertiary/aromatic N) is 3. The first-order chi connectivity index (χ1) is 15.4. The molecule has 0 radical (unpaired) electrons. The number of carbonyl (C=O) groups is 1. The number of nitrogens with one attached hydrogen (secondary N) is 1. The number of hydrogen-bond acceptors (Lipinski definition) is 7. The van der Waals surface area contributed by atoms with Crippen LogP contribution in [0.25, 0.3) is 22.2 Å². The summed E-state index contributed by atoms with van der Waals surface area (Å²) in [7, 11) is 0. The second kappa shape index (κ2) is 8.99. The van der Waals surface area contributed by atoms with Crippen LogP contribution in [0.3, 0.4) is 0 Å². The minimum Gasteiger partial charge on any atom is -0.480 e. The van der Waals surface area contributed by atoms with Gasteiger partial charge in [0.25, 0.3) is 0 Å². The molecule has 3 aromatic carbocycles. The van der Waals surface area contributed by atoms with Gasteiger partial charge in [0.2, 0.25) is 11.9 Å². The van der Waals surface area contributed by atoms with E-state index in [1.165, 1.54) is 5.39 Å². The first kappa shape index (κ1) is 21.2. The number of carboxylic acid groups (broad SMARTS) is 1. The fourth-order valence-electron chi connectivity index (χ4n) is 3.47. The average molecular weight is 428 g/mol. The summed E-state index contributed by atoms with van der Waals surface area (Å²) in [6, 6.07) is 20.8. The molecule has 0 amide bonds. The predicted octanol–water partition coefficient (Wildman–Crippen LogP) is 3.40. The summed E-state index contributed by atoms with van der Waals surface area (Å²) in [6.07, 6.45) is 0.241. The van der Waals surface area contributed by atoms with Crippen molar-refractivity contribution < 1.29 is 9.90 Å². The Morgan fingerprint density at radius 1 is 1.00 bits per heavy atom. The van der Waals surface area contributed by atoms with Crippen molar-refractivity contribution in [3.05, 3.63) is 77.9 Å². The van der Waals surface area contributed by atoms with Gasteiger partial charge in [-0.3, -0.25) is 4.79 Å². The first-order valence-corrected chi connectivity index (χ1v) is 10.2. The Hall–Kier alpha value is -4.04. The number of fused-ring (bicyclic) bond motifs is 1. The van der Waals surface area contributed by atoms with Crippen molar-refractivity contribution >= 4 is 28.6 Å². The Bertz CT molecular complexity index is 1260. The zero-order chi connectivity index (χ0) is 22.7. The van der Waals surface area contributed by atoms with Gasteiger partial charge in [0.1, 0.15) is 6.04 Å². The van der Waals surface area contributed by atoms with Gasteiger partial charge in [0, 0.05) is 5.56 Å². The van der Waals surface area contributed by atoms with Crippen LogP contribution in [0.4, 0.5) is 11.9 Å². The van der Waals surface area contributed by atoms with Gasteiger partial charge in [-0.1, -0.05) is 60.7 Å². The highest BCUT2D eigenvalue weighted by Crippen LogP contribution is 2.24. The summed E-state index contributed by atoms with van der Waals surface area (Å²) in [5, 5.41) is 14.6. The van der Waals surface area contributed by atoms with Gasteiger partial charge in [0.05, 0.1) is 6.04 Å². The lowest BCUT2D eigenvalue weighted by Crippen LogP contribution is -2.32. The summed E-state index contributed by atoms with van der Waals surface area (Å²) in [5.74, 6) is -0.110. The Morgan fingerprint density at radius 3 is 2.44 bits per heavy atom. The topological polar surface area (TPSA) is 140 Å². The molecule has 0 spiro atoms. The van der Waals surface area contributed by atoms with Gasteiger partial charge in [-0.05, 0) is 41.3 Å². The molecule has 1 heterocycles. The van der Waals surface area contributed by atoms with Crippen molar-refractivity contribution in [2.75, 3.05) is 11.1 Å². The number of hydrogen-bond donors (Lipinski definition) is 4. The highest BCUT2D eigenvalue weighted by Gasteiger charge is 2.14. The molecule has 8 nitrogen and oxygen atoms in total. The number of benzene rings is 3. The summed E-state index contributed by atoms with van der Waals surface area (Å²) in [4.78, 5) is 23.9. The van der Waals surface area contributed by atoms with Crippen molar-refractivity contribution in [3.8, 4) is 11.4 Å². The third-order valence-corrected chi connectivity index (χ3v) is 5.26. The van der Waals surface area contributed by atoms with Crippen LogP contribution in [0.1, 0.15) is 24.1 Å². The van der Waals surface area contributed by atoms with Gasteiger partial charge in [-0.25, -0.2) is 0 Å². The second-order valence-electron chi connectivity index (χ2n) is 7.66. The van der Waals surface area contributed by atoms with Crippen molar-refractivity contribution in [1.82, 2.24) is 15.0 Å². The lowest BCUT2D eigenvalue weighted by atomic mass is 10.0. The van der Waals surface area contributed by atoms with Gasteiger partial charge in [-0.15, -0.1) is 0 Å². The molecule has 4 rings (SSSR count). The lowest BCUT2D eigenvalue weighted by Gasteiger charge is -2.16. The molecule has 0 aliphatic rings. The molecule has 4 aromatic rings. The Balaban J connectivity index is 1.53. The summed E-state index contributed by atoms with van der Waals surface area (Å²) in [5.41, 5.74) is 14.2. The van der Waals surface area contributed by atoms with Crippen molar-refractivity contribution in [2.45, 2.75) is 25.4 Å². The number of carboxylic acids is 1. The molecular formula is C24H24N6O2. The smallest absolute Gasteiger partial charge is 0.320 e. The highest BCUT2D eigenvalue weighted by molar-refractivity contribution is 5.83. The molecule has 162 valence electrons. The lowest BCUT2D eigenvalue weighted by molar-refractivity contribution is -0.138. The maximum Gasteiger partial charge on any atom is 0.320 e. The minimum absolute atomic E-state index is 0.0471. The molecule has 1 unspecified atom stereocenters. The Kier molecular flexibility index (Phi) is 5.96. The molecule has 32 heavy (non-hydrogen) atoms. The van der Waals surface area contributed by atoms with Crippen LogP contribution in [-0.4, -0.2) is 32.1 Å². The van der Waals surface area contributed by atoms with Crippen LogP contribution in [0.2, 0.25) is 0 Å². The van der Waals surface area contributed by atoms with Crippen molar-refractivity contribution in [2.24, 2.45) is 5.73 Å². The number of anilines is 2. The number of nitrogens with two attached hydrogens (primary N) is 2. The maximum atomic E-state index is 10.9. The quantitative estimate of drug-likeness (QED) is 0.351. The van der Waals surface area contributed by atoms with E-state index in [-0.39, 0.29) is 18.4 Å². The first-order valence-electron chi connectivity index (χ1n) is 10.2. The van der Waals surface area contributed by atoms with Gasteiger partial charge < -0.3 is 21.9 Å². The van der Waals surface area contributed by atoms with Crippen LogP contribution in [0.5, 0.6) is 0 Å². The molecule has 8 heteroatoms. The van der Waals surface area contributed by atoms with Crippen molar-refractivity contribution in [1.29, 1.82) is 0 Å². The molecule has 0 fully saturated rings. The van der Waals surface area contributed by atoms with E-state index in [1.54, 1.807) is 0 Å². The summed E-state index contributed by atoms with van der Waals surface area (Å²) < 4.78 is 0. The second-order valence-corrected chi connectivity index (χ2v) is 7.66. The van der Waals surface area contributed by atoms with Crippen LogP contribution in [-0.2, 0) is 11.2 Å². The van der Waals surface area contributed by atoms with E-state index in [2.05, 4.69) is 50.6 Å². The summed E-state index contributed by atoms with van der Waals surface area (Å²) in [6.45, 7) is 2.03. The molecular weight excluding hydrogens is 404 g/mol. The van der Waals surface area contributed by atoms with Gasteiger partial charge >= 0.3 is 5.97 Å². The Labute approximate surface area is 185 Å². The van der Waals surface area contributed by atoms with Crippen LogP contribution in [0.15, 0.2) is 66.7 Å². The van der Waals surface area contributed by atoms with Gasteiger partial charge in [0.15, 0.2) is 5.82 Å². The molecule has 0 saturated carbocycles. The van der Waals surface area contributed by atoms with E-state index in [0.29, 0.717) is 11.8 Å². The number of aromatic nitrogens is 3. The SMILES string of the molecule is C[C@@H](Nc1nc(N)nc(-c2ccc(CC(N)C(=O)O)cc2)n1)c1ccc2ccccc2c1. The number of aliphatic carboxylic acids is 1. The zero-order valence-electron chi connectivity index (χ0n) is 17.6. The largest absolute Gasteiger partial charge is 0.480 e.